The molecule has 0 amide bonds. The molecule has 0 saturated carbocycles. The van der Waals surface area contributed by atoms with Crippen LogP contribution in [0.3, 0.4) is 0 Å². The second kappa shape index (κ2) is 4.05. The predicted octanol–water partition coefficient (Wildman–Crippen LogP) is 0.245. The number of carbonyl (C=O) groups is 1. The molecule has 0 fully saturated rings. The van der Waals surface area contributed by atoms with Crippen LogP contribution in [0.15, 0.2) is 24.5 Å². The maximum Gasteiger partial charge on any atom is 0.312 e. The van der Waals surface area contributed by atoms with Gasteiger partial charge >= 0.3 is 5.97 Å². The Bertz CT molecular complexity index is 496. The zero-order valence-electron chi connectivity index (χ0n) is 8.48. The molecule has 2 heterocycles. The van der Waals surface area contributed by atoms with Gasteiger partial charge in [0.2, 0.25) is 0 Å². The molecule has 2 rings (SSSR count). The van der Waals surface area contributed by atoms with E-state index in [-0.39, 0.29) is 0 Å². The molecule has 1 unspecified atom stereocenters. The first-order valence-corrected chi connectivity index (χ1v) is 4.61. The lowest BCUT2D eigenvalue weighted by Crippen LogP contribution is -2.10. The van der Waals surface area contributed by atoms with Crippen LogP contribution < -0.4 is 0 Å². The lowest BCUT2D eigenvalue weighted by Gasteiger charge is -2.06. The van der Waals surface area contributed by atoms with E-state index in [1.807, 2.05) is 0 Å². The summed E-state index contributed by atoms with van der Waals surface area (Å²) in [7, 11) is 0. The van der Waals surface area contributed by atoms with Crippen molar-refractivity contribution in [3.8, 4) is 5.82 Å². The summed E-state index contributed by atoms with van der Waals surface area (Å²) in [5.41, 5.74) is 0.473. The Hall–Kier alpha value is -2.31. The largest absolute Gasteiger partial charge is 0.481 e. The Morgan fingerprint density at radius 2 is 2.31 bits per heavy atom. The van der Waals surface area contributed by atoms with Gasteiger partial charge in [-0.3, -0.25) is 4.79 Å². The van der Waals surface area contributed by atoms with Gasteiger partial charge in [-0.25, -0.2) is 4.98 Å². The number of aliphatic carboxylic acids is 1. The van der Waals surface area contributed by atoms with Crippen molar-refractivity contribution >= 4 is 5.97 Å². The molecule has 1 N–H and O–H groups in total. The first-order valence-electron chi connectivity index (χ1n) is 4.61. The van der Waals surface area contributed by atoms with Crippen LogP contribution in [0.2, 0.25) is 0 Å². The molecule has 0 radical (unpaired) electrons. The van der Waals surface area contributed by atoms with Gasteiger partial charge in [0.25, 0.3) is 0 Å². The van der Waals surface area contributed by atoms with E-state index in [1.54, 1.807) is 25.1 Å². The number of nitrogens with zero attached hydrogens (tertiary/aromatic N) is 5. The van der Waals surface area contributed by atoms with Crippen molar-refractivity contribution in [3.63, 3.8) is 0 Å². The van der Waals surface area contributed by atoms with E-state index < -0.39 is 11.9 Å². The van der Waals surface area contributed by atoms with Crippen LogP contribution in [0.1, 0.15) is 18.5 Å². The molecule has 0 aromatic carbocycles. The number of pyridine rings is 1. The van der Waals surface area contributed by atoms with Crippen LogP contribution >= 0.6 is 0 Å². The van der Waals surface area contributed by atoms with Crippen molar-refractivity contribution in [1.82, 2.24) is 25.2 Å². The average molecular weight is 219 g/mol. The molecule has 1 atom stereocenters. The topological polar surface area (TPSA) is 93.8 Å². The number of carboxylic acid groups (broad SMARTS) is 1. The second-order valence-corrected chi connectivity index (χ2v) is 3.23. The van der Waals surface area contributed by atoms with E-state index in [4.69, 9.17) is 5.11 Å². The molecule has 0 spiro atoms. The summed E-state index contributed by atoms with van der Waals surface area (Å²) in [5, 5.41) is 19.5. The summed E-state index contributed by atoms with van der Waals surface area (Å²) in [4.78, 5) is 15.0. The van der Waals surface area contributed by atoms with Crippen LogP contribution in [0.5, 0.6) is 0 Å². The molecule has 0 aliphatic heterocycles. The molecule has 0 aliphatic carbocycles. The fraction of sp³-hybridized carbons (Fsp3) is 0.222. The number of tetrazole rings is 1. The summed E-state index contributed by atoms with van der Waals surface area (Å²) >= 11 is 0. The predicted molar refractivity (Wildman–Crippen MR) is 53.0 cm³/mol. The Balaban J connectivity index is 2.37. The average Bonchev–Trinajstić information content (AvgIpc) is 2.81. The van der Waals surface area contributed by atoms with Crippen LogP contribution in [0.4, 0.5) is 0 Å². The highest BCUT2D eigenvalue weighted by Crippen LogP contribution is 2.14. The standard InChI is InChI=1S/C9H9N5O2/c1-6(9(15)16)7-3-2-4-8(11-7)14-5-10-12-13-14/h2-6H,1H3,(H,15,16). The van der Waals surface area contributed by atoms with E-state index in [2.05, 4.69) is 20.5 Å². The molecule has 0 aliphatic rings. The van der Waals surface area contributed by atoms with Crippen molar-refractivity contribution in [3.05, 3.63) is 30.2 Å². The van der Waals surface area contributed by atoms with Gasteiger partial charge < -0.3 is 5.11 Å². The number of aromatic nitrogens is 5. The summed E-state index contributed by atoms with van der Waals surface area (Å²) in [6, 6.07) is 5.08. The fourth-order valence-electron chi connectivity index (χ4n) is 1.20. The van der Waals surface area contributed by atoms with Crippen LogP contribution in [-0.2, 0) is 4.79 Å². The van der Waals surface area contributed by atoms with Crippen molar-refractivity contribution in [2.75, 3.05) is 0 Å². The van der Waals surface area contributed by atoms with E-state index >= 15 is 0 Å². The van der Waals surface area contributed by atoms with E-state index in [0.717, 1.165) is 0 Å². The van der Waals surface area contributed by atoms with Crippen molar-refractivity contribution < 1.29 is 9.90 Å². The molecule has 82 valence electrons. The fourth-order valence-corrected chi connectivity index (χ4v) is 1.20. The SMILES string of the molecule is CC(C(=O)O)c1cccc(-n2cnnn2)n1. The van der Waals surface area contributed by atoms with Gasteiger partial charge in [0, 0.05) is 0 Å². The first kappa shape index (κ1) is 10.2. The van der Waals surface area contributed by atoms with E-state index in [0.29, 0.717) is 11.5 Å². The third kappa shape index (κ3) is 1.88. The van der Waals surface area contributed by atoms with Gasteiger partial charge in [-0.2, -0.15) is 4.68 Å². The number of carboxylic acids is 1. The van der Waals surface area contributed by atoms with Gasteiger partial charge in [0.15, 0.2) is 5.82 Å². The first-order chi connectivity index (χ1) is 7.68. The maximum atomic E-state index is 10.8. The van der Waals surface area contributed by atoms with Crippen molar-refractivity contribution in [2.24, 2.45) is 0 Å². The van der Waals surface area contributed by atoms with Gasteiger partial charge in [0.05, 0.1) is 11.6 Å². The van der Waals surface area contributed by atoms with Crippen molar-refractivity contribution in [2.45, 2.75) is 12.8 Å². The minimum atomic E-state index is -0.915. The molecule has 0 saturated heterocycles. The van der Waals surface area contributed by atoms with Crippen LogP contribution in [-0.4, -0.2) is 36.3 Å². The summed E-state index contributed by atoms with van der Waals surface area (Å²) < 4.78 is 1.37. The lowest BCUT2D eigenvalue weighted by molar-refractivity contribution is -0.138. The third-order valence-electron chi connectivity index (χ3n) is 2.15. The summed E-state index contributed by atoms with van der Waals surface area (Å²) in [6.45, 7) is 1.58. The third-order valence-corrected chi connectivity index (χ3v) is 2.15. The molecular weight excluding hydrogens is 210 g/mol. The van der Waals surface area contributed by atoms with Crippen LogP contribution in [0, 0.1) is 0 Å². The molecule has 7 nitrogen and oxygen atoms in total. The summed E-state index contributed by atoms with van der Waals surface area (Å²) in [6.07, 6.45) is 1.40. The molecule has 0 bridgehead atoms. The summed E-state index contributed by atoms with van der Waals surface area (Å²) in [5.74, 6) is -1.08. The molecule has 7 heteroatoms. The highest BCUT2D eigenvalue weighted by molar-refractivity contribution is 5.74. The minimum absolute atomic E-state index is 0.473. The monoisotopic (exact) mass is 219 g/mol. The molecule has 2 aromatic rings. The Morgan fingerprint density at radius 1 is 1.50 bits per heavy atom. The normalized spacial score (nSPS) is 12.3. The molecule has 16 heavy (non-hydrogen) atoms. The highest BCUT2D eigenvalue weighted by Gasteiger charge is 2.15. The second-order valence-electron chi connectivity index (χ2n) is 3.23. The lowest BCUT2D eigenvalue weighted by atomic mass is 10.1. The minimum Gasteiger partial charge on any atom is -0.481 e. The Kier molecular flexibility index (Phi) is 2.59. The number of hydrogen-bond donors (Lipinski definition) is 1. The van der Waals surface area contributed by atoms with Crippen molar-refractivity contribution in [1.29, 1.82) is 0 Å². The smallest absolute Gasteiger partial charge is 0.312 e. The number of rotatable bonds is 3. The quantitative estimate of drug-likeness (QED) is 0.794. The van der Waals surface area contributed by atoms with Gasteiger partial charge in [-0.05, 0) is 29.5 Å². The zero-order valence-corrected chi connectivity index (χ0v) is 8.48. The number of hydrogen-bond acceptors (Lipinski definition) is 5. The molecule has 2 aromatic heterocycles. The maximum absolute atomic E-state index is 10.8. The van der Waals surface area contributed by atoms with Gasteiger partial charge in [-0.1, -0.05) is 6.07 Å². The van der Waals surface area contributed by atoms with Gasteiger partial charge in [-0.15, -0.1) is 5.10 Å². The van der Waals surface area contributed by atoms with E-state index in [9.17, 15) is 4.79 Å². The van der Waals surface area contributed by atoms with Gasteiger partial charge in [0.1, 0.15) is 6.33 Å². The Labute approximate surface area is 90.7 Å². The zero-order chi connectivity index (χ0) is 11.5. The highest BCUT2D eigenvalue weighted by atomic mass is 16.4. The van der Waals surface area contributed by atoms with Crippen LogP contribution in [0.25, 0.3) is 5.82 Å². The Morgan fingerprint density at radius 3 is 2.94 bits per heavy atom. The molecular formula is C9H9N5O2. The van der Waals surface area contributed by atoms with E-state index in [1.165, 1.54) is 11.0 Å².